The van der Waals surface area contributed by atoms with Crippen molar-refractivity contribution in [3.8, 4) is 0 Å². The molecule has 4 heteroatoms. The van der Waals surface area contributed by atoms with Crippen molar-refractivity contribution in [1.82, 2.24) is 15.1 Å². The van der Waals surface area contributed by atoms with E-state index in [4.69, 9.17) is 0 Å². The summed E-state index contributed by atoms with van der Waals surface area (Å²) in [7, 11) is 0. The molecule has 132 valence electrons. The van der Waals surface area contributed by atoms with Crippen molar-refractivity contribution in [2.24, 2.45) is 11.8 Å². The van der Waals surface area contributed by atoms with Gasteiger partial charge in [-0.25, -0.2) is 0 Å². The average Bonchev–Trinajstić information content (AvgIpc) is 3.16. The van der Waals surface area contributed by atoms with E-state index in [1.54, 1.807) is 6.20 Å². The van der Waals surface area contributed by atoms with Gasteiger partial charge in [0.25, 0.3) is 0 Å². The number of carbonyl (C=O) groups is 1. The molecule has 2 aromatic rings. The predicted octanol–water partition coefficient (Wildman–Crippen LogP) is 3.92. The molecule has 0 radical (unpaired) electrons. The Kier molecular flexibility index (Phi) is 4.60. The lowest BCUT2D eigenvalue weighted by molar-refractivity contribution is -0.125. The topological polar surface area (TPSA) is 46.9 Å². The number of rotatable bonds is 5. The maximum atomic E-state index is 12.7. The Labute approximate surface area is 149 Å². The zero-order valence-corrected chi connectivity index (χ0v) is 14.8. The van der Waals surface area contributed by atoms with E-state index < -0.39 is 0 Å². The molecule has 4 nitrogen and oxygen atoms in total. The summed E-state index contributed by atoms with van der Waals surface area (Å²) in [5.74, 6) is 2.03. The zero-order chi connectivity index (χ0) is 17.2. The third kappa shape index (κ3) is 3.22. The number of nitrogens with one attached hydrogen (secondary N) is 1. The van der Waals surface area contributed by atoms with Gasteiger partial charge in [0.1, 0.15) is 0 Å². The van der Waals surface area contributed by atoms with Crippen LogP contribution in [0.2, 0.25) is 0 Å². The van der Waals surface area contributed by atoms with Crippen LogP contribution in [-0.4, -0.2) is 21.7 Å². The first-order valence-electron chi connectivity index (χ1n) is 9.57. The van der Waals surface area contributed by atoms with Crippen LogP contribution in [0.15, 0.2) is 48.8 Å². The lowest BCUT2D eigenvalue weighted by Crippen LogP contribution is -2.59. The SMILES string of the molecule is CC(CC(=O)N[C@H]1C2CCCCC2[C@@H]1c1ccccc1)n1cccn1. The Morgan fingerprint density at radius 1 is 1.20 bits per heavy atom. The quantitative estimate of drug-likeness (QED) is 0.899. The maximum absolute atomic E-state index is 12.7. The summed E-state index contributed by atoms with van der Waals surface area (Å²) < 4.78 is 1.86. The molecule has 5 atom stereocenters. The van der Waals surface area contributed by atoms with Crippen LogP contribution in [-0.2, 0) is 4.79 Å². The van der Waals surface area contributed by atoms with Gasteiger partial charge < -0.3 is 5.32 Å². The van der Waals surface area contributed by atoms with Crippen LogP contribution < -0.4 is 5.32 Å². The average molecular weight is 337 g/mol. The van der Waals surface area contributed by atoms with E-state index in [0.29, 0.717) is 24.3 Å². The Hall–Kier alpha value is -2.10. The second kappa shape index (κ2) is 7.03. The number of carbonyl (C=O) groups excluding carboxylic acids is 1. The van der Waals surface area contributed by atoms with Gasteiger partial charge in [-0.2, -0.15) is 5.10 Å². The fourth-order valence-electron chi connectivity index (χ4n) is 4.94. The highest BCUT2D eigenvalue weighted by Crippen LogP contribution is 2.54. The minimum atomic E-state index is 0.0902. The van der Waals surface area contributed by atoms with E-state index in [1.807, 2.05) is 23.9 Å². The molecular weight excluding hydrogens is 310 g/mol. The van der Waals surface area contributed by atoms with Crippen molar-refractivity contribution in [3.63, 3.8) is 0 Å². The minimum absolute atomic E-state index is 0.0902. The van der Waals surface area contributed by atoms with E-state index >= 15 is 0 Å². The molecule has 3 unspecified atom stereocenters. The molecule has 2 aliphatic carbocycles. The summed E-state index contributed by atoms with van der Waals surface area (Å²) in [6, 6.07) is 13.0. The second-order valence-electron chi connectivity index (χ2n) is 7.68. The molecule has 4 rings (SSSR count). The summed E-state index contributed by atoms with van der Waals surface area (Å²) >= 11 is 0. The zero-order valence-electron chi connectivity index (χ0n) is 14.8. The third-order valence-corrected chi connectivity index (χ3v) is 6.15. The van der Waals surface area contributed by atoms with Gasteiger partial charge in [-0.1, -0.05) is 43.2 Å². The van der Waals surface area contributed by atoms with Gasteiger partial charge in [-0.3, -0.25) is 9.48 Å². The van der Waals surface area contributed by atoms with Crippen molar-refractivity contribution in [1.29, 1.82) is 0 Å². The van der Waals surface area contributed by atoms with E-state index in [9.17, 15) is 4.79 Å². The Morgan fingerprint density at radius 3 is 2.68 bits per heavy atom. The molecule has 1 N–H and O–H groups in total. The number of hydrogen-bond acceptors (Lipinski definition) is 2. The highest BCUT2D eigenvalue weighted by Gasteiger charge is 2.51. The van der Waals surface area contributed by atoms with Crippen molar-refractivity contribution in [2.45, 2.75) is 57.0 Å². The van der Waals surface area contributed by atoms with Crippen LogP contribution >= 0.6 is 0 Å². The third-order valence-electron chi connectivity index (χ3n) is 6.15. The van der Waals surface area contributed by atoms with Crippen molar-refractivity contribution in [2.75, 3.05) is 0 Å². The number of benzene rings is 1. The van der Waals surface area contributed by atoms with Crippen LogP contribution in [0.1, 0.15) is 56.6 Å². The predicted molar refractivity (Wildman–Crippen MR) is 98.1 cm³/mol. The summed E-state index contributed by atoms with van der Waals surface area (Å²) in [5, 5.41) is 7.62. The van der Waals surface area contributed by atoms with Crippen LogP contribution in [0.4, 0.5) is 0 Å². The highest BCUT2D eigenvalue weighted by atomic mass is 16.1. The van der Waals surface area contributed by atoms with Crippen LogP contribution in [0.5, 0.6) is 0 Å². The van der Waals surface area contributed by atoms with Gasteiger partial charge in [0, 0.05) is 30.8 Å². The van der Waals surface area contributed by atoms with Crippen LogP contribution in [0, 0.1) is 11.8 Å². The normalized spacial score (nSPS) is 29.3. The summed E-state index contributed by atoms with van der Waals surface area (Å²) in [4.78, 5) is 12.7. The van der Waals surface area contributed by atoms with Crippen molar-refractivity contribution < 1.29 is 4.79 Å². The molecule has 1 amide bonds. The van der Waals surface area contributed by atoms with Gasteiger partial charge >= 0.3 is 0 Å². The second-order valence-corrected chi connectivity index (χ2v) is 7.68. The largest absolute Gasteiger partial charge is 0.352 e. The first-order valence-corrected chi connectivity index (χ1v) is 9.57. The van der Waals surface area contributed by atoms with Gasteiger partial charge in [0.15, 0.2) is 0 Å². The lowest BCUT2D eigenvalue weighted by Gasteiger charge is -2.55. The van der Waals surface area contributed by atoms with Gasteiger partial charge in [-0.15, -0.1) is 0 Å². The Morgan fingerprint density at radius 2 is 1.96 bits per heavy atom. The Bertz CT molecular complexity index is 697. The molecule has 1 aromatic carbocycles. The minimum Gasteiger partial charge on any atom is -0.352 e. The van der Waals surface area contributed by atoms with Gasteiger partial charge in [0.2, 0.25) is 5.91 Å². The van der Waals surface area contributed by atoms with E-state index in [1.165, 1.54) is 31.2 Å². The lowest BCUT2D eigenvalue weighted by atomic mass is 9.53. The number of hydrogen-bond donors (Lipinski definition) is 1. The smallest absolute Gasteiger partial charge is 0.222 e. The fraction of sp³-hybridized carbons (Fsp3) is 0.524. The molecule has 0 spiro atoms. The molecule has 2 aliphatic rings. The first kappa shape index (κ1) is 16.4. The number of aromatic nitrogens is 2. The molecule has 2 fully saturated rings. The molecule has 1 aromatic heterocycles. The maximum Gasteiger partial charge on any atom is 0.222 e. The van der Waals surface area contributed by atoms with Crippen molar-refractivity contribution in [3.05, 3.63) is 54.4 Å². The standard InChI is InChI=1S/C21H27N3O/c1-15(24-13-7-12-22-24)14-19(25)23-21-18-11-6-5-10-17(18)20(21)16-8-3-2-4-9-16/h2-4,7-9,12-13,15,17-18,20-21H,5-6,10-11,14H2,1H3,(H,23,25)/t15?,17?,18?,20-,21-/m0/s1. The molecule has 25 heavy (non-hydrogen) atoms. The number of amides is 1. The monoisotopic (exact) mass is 337 g/mol. The van der Waals surface area contributed by atoms with Crippen LogP contribution in [0.3, 0.4) is 0 Å². The van der Waals surface area contributed by atoms with Gasteiger partial charge in [-0.05, 0) is 43.2 Å². The highest BCUT2D eigenvalue weighted by molar-refractivity contribution is 5.77. The van der Waals surface area contributed by atoms with Gasteiger partial charge in [0.05, 0.1) is 6.04 Å². The molecule has 0 saturated heterocycles. The summed E-state index contributed by atoms with van der Waals surface area (Å²) in [6.45, 7) is 2.05. The molecule has 1 heterocycles. The van der Waals surface area contributed by atoms with E-state index in [-0.39, 0.29) is 11.9 Å². The Balaban J connectivity index is 1.44. The summed E-state index contributed by atoms with van der Waals surface area (Å²) in [5.41, 5.74) is 1.39. The van der Waals surface area contributed by atoms with E-state index in [0.717, 1.165) is 5.92 Å². The van der Waals surface area contributed by atoms with Crippen molar-refractivity contribution >= 4 is 5.91 Å². The van der Waals surface area contributed by atoms with E-state index in [2.05, 4.69) is 40.7 Å². The summed E-state index contributed by atoms with van der Waals surface area (Å²) in [6.07, 6.45) is 9.37. The number of fused-ring (bicyclic) bond motifs is 1. The fourth-order valence-corrected chi connectivity index (χ4v) is 4.94. The van der Waals surface area contributed by atoms with Crippen LogP contribution in [0.25, 0.3) is 0 Å². The molecular formula is C21H27N3O. The number of nitrogens with zero attached hydrogens (tertiary/aromatic N) is 2. The molecule has 2 saturated carbocycles. The molecule has 0 aliphatic heterocycles. The first-order chi connectivity index (χ1) is 12.2. The molecule has 0 bridgehead atoms.